The third kappa shape index (κ3) is 4.79. The number of nitrogens with zero attached hydrogens (tertiary/aromatic N) is 2. The summed E-state index contributed by atoms with van der Waals surface area (Å²) in [6, 6.07) is 18.7. The van der Waals surface area contributed by atoms with Crippen molar-refractivity contribution in [1.29, 1.82) is 0 Å². The van der Waals surface area contributed by atoms with E-state index in [1.807, 2.05) is 24.3 Å². The van der Waals surface area contributed by atoms with Gasteiger partial charge < -0.3 is 9.47 Å². The highest BCUT2D eigenvalue weighted by atomic mass is 32.2. The molecule has 0 aliphatic carbocycles. The summed E-state index contributed by atoms with van der Waals surface area (Å²) in [6.45, 7) is 2.40. The SMILES string of the molecule is COC[C@H]1CN(S(=O)(=O)c2ccccc2)C[C@H](COC)N1Cc1ccccc1. The summed E-state index contributed by atoms with van der Waals surface area (Å²) >= 11 is 0. The van der Waals surface area contributed by atoms with Gasteiger partial charge in [-0.3, -0.25) is 4.90 Å². The fourth-order valence-corrected chi connectivity index (χ4v) is 5.26. The lowest BCUT2D eigenvalue weighted by Gasteiger charge is -2.45. The lowest BCUT2D eigenvalue weighted by atomic mass is 10.1. The minimum atomic E-state index is -3.57. The molecule has 6 nitrogen and oxygen atoms in total. The van der Waals surface area contributed by atoms with Crippen molar-refractivity contribution >= 4 is 10.0 Å². The van der Waals surface area contributed by atoms with Gasteiger partial charge in [0.05, 0.1) is 18.1 Å². The standard InChI is InChI=1S/C21H28N2O4S/c1-26-16-19-14-22(28(24,25)21-11-7-4-8-12-21)15-20(17-27-2)23(19)13-18-9-5-3-6-10-18/h3-12,19-20H,13-17H2,1-2H3/t19-,20-/m1/s1. The molecule has 1 fully saturated rings. The molecule has 0 bridgehead atoms. The predicted octanol–water partition coefficient (Wildman–Crippen LogP) is 2.22. The van der Waals surface area contributed by atoms with Gasteiger partial charge in [0.15, 0.2) is 0 Å². The van der Waals surface area contributed by atoms with Gasteiger partial charge >= 0.3 is 0 Å². The van der Waals surface area contributed by atoms with E-state index in [2.05, 4.69) is 17.0 Å². The van der Waals surface area contributed by atoms with Crippen LogP contribution in [0.5, 0.6) is 0 Å². The van der Waals surface area contributed by atoms with Crippen LogP contribution in [0, 0.1) is 0 Å². The molecular weight excluding hydrogens is 376 g/mol. The first-order valence-corrected chi connectivity index (χ1v) is 10.8. The van der Waals surface area contributed by atoms with Crippen LogP contribution in [0.1, 0.15) is 5.56 Å². The molecule has 2 aromatic rings. The van der Waals surface area contributed by atoms with Gasteiger partial charge in [0.1, 0.15) is 0 Å². The van der Waals surface area contributed by atoms with Crippen molar-refractivity contribution in [2.24, 2.45) is 0 Å². The highest BCUT2D eigenvalue weighted by molar-refractivity contribution is 7.89. The lowest BCUT2D eigenvalue weighted by molar-refractivity contribution is -0.0203. The third-order valence-electron chi connectivity index (χ3n) is 5.07. The van der Waals surface area contributed by atoms with Crippen LogP contribution in [0.15, 0.2) is 65.6 Å². The lowest BCUT2D eigenvalue weighted by Crippen LogP contribution is -2.61. The molecule has 0 amide bonds. The smallest absolute Gasteiger partial charge is 0.243 e. The molecule has 0 unspecified atom stereocenters. The zero-order chi connectivity index (χ0) is 20.0. The Morgan fingerprint density at radius 2 is 1.36 bits per heavy atom. The number of methoxy groups -OCH3 is 2. The van der Waals surface area contributed by atoms with E-state index in [1.165, 1.54) is 5.56 Å². The quantitative estimate of drug-likeness (QED) is 0.675. The molecule has 0 radical (unpaired) electrons. The van der Waals surface area contributed by atoms with Crippen LogP contribution in [-0.2, 0) is 26.0 Å². The van der Waals surface area contributed by atoms with Crippen LogP contribution >= 0.6 is 0 Å². The van der Waals surface area contributed by atoms with E-state index in [4.69, 9.17) is 9.47 Å². The number of benzene rings is 2. The number of ether oxygens (including phenoxy) is 2. The van der Waals surface area contributed by atoms with Crippen LogP contribution < -0.4 is 0 Å². The summed E-state index contributed by atoms with van der Waals surface area (Å²) < 4.78 is 38.8. The molecule has 152 valence electrons. The maximum Gasteiger partial charge on any atom is 0.243 e. The molecule has 1 aliphatic heterocycles. The van der Waals surface area contributed by atoms with E-state index in [-0.39, 0.29) is 12.1 Å². The Hall–Kier alpha value is -1.77. The highest BCUT2D eigenvalue weighted by Gasteiger charge is 2.39. The van der Waals surface area contributed by atoms with Gasteiger partial charge in [0.25, 0.3) is 0 Å². The zero-order valence-electron chi connectivity index (χ0n) is 16.4. The minimum absolute atomic E-state index is 0.0578. The molecule has 2 atom stereocenters. The molecule has 0 N–H and O–H groups in total. The van der Waals surface area contributed by atoms with E-state index >= 15 is 0 Å². The molecule has 1 heterocycles. The van der Waals surface area contributed by atoms with Crippen molar-refractivity contribution in [3.63, 3.8) is 0 Å². The topological polar surface area (TPSA) is 59.1 Å². The van der Waals surface area contributed by atoms with Gasteiger partial charge in [0, 0.05) is 45.9 Å². The summed E-state index contributed by atoms with van der Waals surface area (Å²) in [5.74, 6) is 0. The number of sulfonamides is 1. The predicted molar refractivity (Wildman–Crippen MR) is 109 cm³/mol. The normalized spacial score (nSPS) is 21.6. The summed E-state index contributed by atoms with van der Waals surface area (Å²) in [6.07, 6.45) is 0. The number of hydrogen-bond donors (Lipinski definition) is 0. The maximum absolute atomic E-state index is 13.2. The maximum atomic E-state index is 13.2. The Balaban J connectivity index is 1.88. The number of piperazine rings is 1. The Morgan fingerprint density at radius 1 is 0.857 bits per heavy atom. The van der Waals surface area contributed by atoms with Crippen molar-refractivity contribution < 1.29 is 17.9 Å². The molecule has 0 aromatic heterocycles. The molecule has 3 rings (SSSR count). The summed E-state index contributed by atoms with van der Waals surface area (Å²) in [4.78, 5) is 2.62. The second-order valence-electron chi connectivity index (χ2n) is 7.01. The van der Waals surface area contributed by atoms with Crippen molar-refractivity contribution in [1.82, 2.24) is 9.21 Å². The monoisotopic (exact) mass is 404 g/mol. The van der Waals surface area contributed by atoms with Crippen LogP contribution in [0.4, 0.5) is 0 Å². The summed E-state index contributed by atoms with van der Waals surface area (Å²) in [7, 11) is -0.266. The third-order valence-corrected chi connectivity index (χ3v) is 6.92. The van der Waals surface area contributed by atoms with Gasteiger partial charge in [-0.05, 0) is 17.7 Å². The van der Waals surface area contributed by atoms with Crippen molar-refractivity contribution in [2.75, 3.05) is 40.5 Å². The second kappa shape index (κ2) is 9.62. The summed E-state index contributed by atoms with van der Waals surface area (Å²) in [5.41, 5.74) is 1.18. The Morgan fingerprint density at radius 3 is 1.86 bits per heavy atom. The number of rotatable bonds is 8. The molecular formula is C21H28N2O4S. The largest absolute Gasteiger partial charge is 0.383 e. The minimum Gasteiger partial charge on any atom is -0.383 e. The average Bonchev–Trinajstić information content (AvgIpc) is 2.72. The Kier molecular flexibility index (Phi) is 7.20. The number of hydrogen-bond acceptors (Lipinski definition) is 5. The van der Waals surface area contributed by atoms with E-state index in [9.17, 15) is 8.42 Å². The van der Waals surface area contributed by atoms with Gasteiger partial charge in [-0.2, -0.15) is 4.31 Å². The van der Waals surface area contributed by atoms with Crippen molar-refractivity contribution in [3.05, 3.63) is 66.2 Å². The van der Waals surface area contributed by atoms with Crippen LogP contribution in [-0.4, -0.2) is 70.2 Å². The fraction of sp³-hybridized carbons (Fsp3) is 0.429. The van der Waals surface area contributed by atoms with Gasteiger partial charge in [-0.15, -0.1) is 0 Å². The van der Waals surface area contributed by atoms with E-state index in [0.717, 1.165) is 6.54 Å². The van der Waals surface area contributed by atoms with E-state index < -0.39 is 10.0 Å². The molecule has 28 heavy (non-hydrogen) atoms. The summed E-state index contributed by atoms with van der Waals surface area (Å²) in [5, 5.41) is 0. The van der Waals surface area contributed by atoms with Gasteiger partial charge in [0.2, 0.25) is 10.0 Å². The van der Waals surface area contributed by atoms with Crippen LogP contribution in [0.2, 0.25) is 0 Å². The van der Waals surface area contributed by atoms with Crippen LogP contribution in [0.3, 0.4) is 0 Å². The van der Waals surface area contributed by atoms with Crippen molar-refractivity contribution in [2.45, 2.75) is 23.5 Å². The first kappa shape index (κ1) is 21.0. The van der Waals surface area contributed by atoms with Crippen molar-refractivity contribution in [3.8, 4) is 0 Å². The van der Waals surface area contributed by atoms with Crippen LogP contribution in [0.25, 0.3) is 0 Å². The molecule has 1 aliphatic rings. The zero-order valence-corrected chi connectivity index (χ0v) is 17.2. The van der Waals surface area contributed by atoms with E-state index in [1.54, 1.807) is 42.8 Å². The second-order valence-corrected chi connectivity index (χ2v) is 8.95. The molecule has 0 saturated carbocycles. The van der Waals surface area contributed by atoms with Gasteiger partial charge in [-0.25, -0.2) is 8.42 Å². The van der Waals surface area contributed by atoms with Gasteiger partial charge in [-0.1, -0.05) is 48.5 Å². The first-order chi connectivity index (χ1) is 13.6. The molecule has 0 spiro atoms. The van der Waals surface area contributed by atoms with E-state index in [0.29, 0.717) is 31.2 Å². The first-order valence-electron chi connectivity index (χ1n) is 9.39. The highest BCUT2D eigenvalue weighted by Crippen LogP contribution is 2.25. The average molecular weight is 405 g/mol. The fourth-order valence-electron chi connectivity index (χ4n) is 3.72. The molecule has 7 heteroatoms. The molecule has 2 aromatic carbocycles. The molecule has 1 saturated heterocycles. The Labute approximate surface area is 167 Å². The Bertz CT molecular complexity index is 814.